The lowest BCUT2D eigenvalue weighted by atomic mass is 9.97. The molecular weight excluding hydrogens is 212 g/mol. The van der Waals surface area contributed by atoms with Gasteiger partial charge in [-0.3, -0.25) is 0 Å². The van der Waals surface area contributed by atoms with Gasteiger partial charge in [0.1, 0.15) is 0 Å². The van der Waals surface area contributed by atoms with E-state index in [1.54, 1.807) is 0 Å². The van der Waals surface area contributed by atoms with E-state index in [0.29, 0.717) is 13.1 Å². The Hall–Kier alpha value is -1.51. The van der Waals surface area contributed by atoms with Crippen molar-refractivity contribution in [1.29, 1.82) is 0 Å². The number of urea groups is 1. The Labute approximate surface area is 104 Å². The van der Waals surface area contributed by atoms with E-state index in [9.17, 15) is 4.79 Å². The molecule has 0 radical (unpaired) electrons. The van der Waals surface area contributed by atoms with E-state index in [1.165, 1.54) is 5.56 Å². The van der Waals surface area contributed by atoms with Crippen molar-refractivity contribution in [2.24, 2.45) is 5.41 Å². The topological polar surface area (TPSA) is 41.1 Å². The second-order valence-corrected chi connectivity index (χ2v) is 5.41. The average molecular weight is 234 g/mol. The van der Waals surface area contributed by atoms with E-state index in [-0.39, 0.29) is 11.4 Å². The Morgan fingerprint density at radius 3 is 2.35 bits per heavy atom. The van der Waals surface area contributed by atoms with Crippen LogP contribution < -0.4 is 10.6 Å². The molecule has 0 fully saturated rings. The molecule has 3 nitrogen and oxygen atoms in total. The van der Waals surface area contributed by atoms with Crippen LogP contribution in [-0.4, -0.2) is 19.1 Å². The second kappa shape index (κ2) is 6.28. The normalized spacial score (nSPS) is 11.0. The highest BCUT2D eigenvalue weighted by atomic mass is 16.2. The predicted molar refractivity (Wildman–Crippen MR) is 71.0 cm³/mol. The molecule has 0 saturated carbocycles. The summed E-state index contributed by atoms with van der Waals surface area (Å²) in [5.41, 5.74) is 1.36. The van der Waals surface area contributed by atoms with Crippen molar-refractivity contribution < 1.29 is 4.79 Å². The molecule has 0 aromatic heterocycles. The third-order valence-corrected chi connectivity index (χ3v) is 2.32. The molecule has 0 spiro atoms. The molecule has 0 aliphatic rings. The van der Waals surface area contributed by atoms with Crippen LogP contribution in [0.25, 0.3) is 0 Å². The first-order chi connectivity index (χ1) is 7.97. The molecule has 1 rings (SSSR count). The number of nitrogens with one attached hydrogen (secondary N) is 2. The van der Waals surface area contributed by atoms with Gasteiger partial charge in [-0.1, -0.05) is 51.1 Å². The lowest BCUT2D eigenvalue weighted by molar-refractivity contribution is 0.235. The van der Waals surface area contributed by atoms with Crippen LogP contribution in [0.2, 0.25) is 0 Å². The maximum atomic E-state index is 11.5. The molecule has 0 bridgehead atoms. The van der Waals surface area contributed by atoms with Crippen LogP contribution in [0.3, 0.4) is 0 Å². The minimum absolute atomic E-state index is 0.0872. The smallest absolute Gasteiger partial charge is 0.314 e. The Morgan fingerprint density at radius 2 is 1.76 bits per heavy atom. The van der Waals surface area contributed by atoms with Gasteiger partial charge in [-0.25, -0.2) is 4.79 Å². The summed E-state index contributed by atoms with van der Waals surface area (Å²) in [5.74, 6) is 0. The molecule has 0 aliphatic carbocycles. The first-order valence-electron chi connectivity index (χ1n) is 6.03. The summed E-state index contributed by atoms with van der Waals surface area (Å²) < 4.78 is 0. The number of carbonyl (C=O) groups excluding carboxylic acids is 1. The third-order valence-electron chi connectivity index (χ3n) is 2.32. The Balaban J connectivity index is 2.17. The lowest BCUT2D eigenvalue weighted by Crippen LogP contribution is -2.40. The van der Waals surface area contributed by atoms with Gasteiger partial charge >= 0.3 is 6.03 Å². The van der Waals surface area contributed by atoms with Crippen molar-refractivity contribution >= 4 is 6.03 Å². The molecule has 0 aliphatic heterocycles. The maximum absolute atomic E-state index is 11.5. The number of rotatable bonds is 4. The predicted octanol–water partition coefficient (Wildman–Crippen LogP) is 2.57. The highest BCUT2D eigenvalue weighted by Gasteiger charge is 2.11. The molecule has 94 valence electrons. The molecule has 17 heavy (non-hydrogen) atoms. The highest BCUT2D eigenvalue weighted by Crippen LogP contribution is 2.09. The van der Waals surface area contributed by atoms with E-state index in [0.717, 1.165) is 6.42 Å². The van der Waals surface area contributed by atoms with E-state index < -0.39 is 0 Å². The van der Waals surface area contributed by atoms with Crippen LogP contribution in [0.15, 0.2) is 30.3 Å². The average Bonchev–Trinajstić information content (AvgIpc) is 2.27. The van der Waals surface area contributed by atoms with Crippen molar-refractivity contribution in [3.05, 3.63) is 35.9 Å². The Bertz CT molecular complexity index is 341. The fraction of sp³-hybridized carbons (Fsp3) is 0.500. The lowest BCUT2D eigenvalue weighted by Gasteiger charge is -2.18. The van der Waals surface area contributed by atoms with E-state index in [2.05, 4.69) is 43.5 Å². The minimum Gasteiger partial charge on any atom is -0.338 e. The highest BCUT2D eigenvalue weighted by molar-refractivity contribution is 5.73. The van der Waals surface area contributed by atoms with Crippen molar-refractivity contribution in [3.8, 4) is 0 Å². The summed E-state index contributed by atoms with van der Waals surface area (Å²) in [6.07, 6.45) is 0.865. The van der Waals surface area contributed by atoms with Crippen LogP contribution in [0.4, 0.5) is 4.79 Å². The van der Waals surface area contributed by atoms with Crippen LogP contribution in [0.5, 0.6) is 0 Å². The SMILES string of the molecule is CC(C)(C)CNC(=O)NCCc1ccccc1. The molecule has 3 heteroatoms. The molecule has 0 saturated heterocycles. The summed E-state index contributed by atoms with van der Waals surface area (Å²) in [6, 6.07) is 10.1. The van der Waals surface area contributed by atoms with Gasteiger partial charge in [0.2, 0.25) is 0 Å². The van der Waals surface area contributed by atoms with Gasteiger partial charge in [0.25, 0.3) is 0 Å². The van der Waals surface area contributed by atoms with Gasteiger partial charge in [-0.05, 0) is 17.4 Å². The minimum atomic E-state index is -0.0872. The molecule has 2 amide bonds. The zero-order valence-electron chi connectivity index (χ0n) is 10.9. The number of benzene rings is 1. The molecule has 0 atom stereocenters. The van der Waals surface area contributed by atoms with E-state index >= 15 is 0 Å². The number of carbonyl (C=O) groups is 1. The monoisotopic (exact) mass is 234 g/mol. The zero-order valence-corrected chi connectivity index (χ0v) is 10.9. The van der Waals surface area contributed by atoms with Crippen LogP contribution in [0, 0.1) is 5.41 Å². The van der Waals surface area contributed by atoms with E-state index in [1.807, 2.05) is 18.2 Å². The fourth-order valence-electron chi connectivity index (χ4n) is 1.37. The van der Waals surface area contributed by atoms with Gasteiger partial charge < -0.3 is 10.6 Å². The van der Waals surface area contributed by atoms with Gasteiger partial charge in [0, 0.05) is 13.1 Å². The summed E-state index contributed by atoms with van der Waals surface area (Å²) in [6.45, 7) is 7.63. The Kier molecular flexibility index (Phi) is 5.01. The van der Waals surface area contributed by atoms with Crippen molar-refractivity contribution in [3.63, 3.8) is 0 Å². The summed E-state index contributed by atoms with van der Waals surface area (Å²) in [4.78, 5) is 11.5. The molecule has 0 heterocycles. The van der Waals surface area contributed by atoms with Gasteiger partial charge in [-0.2, -0.15) is 0 Å². The van der Waals surface area contributed by atoms with Crippen LogP contribution in [-0.2, 0) is 6.42 Å². The maximum Gasteiger partial charge on any atom is 0.314 e. The third kappa shape index (κ3) is 6.61. The molecule has 1 aromatic rings. The summed E-state index contributed by atoms with van der Waals surface area (Å²) in [7, 11) is 0. The van der Waals surface area contributed by atoms with E-state index in [4.69, 9.17) is 0 Å². The molecule has 1 aromatic carbocycles. The summed E-state index contributed by atoms with van der Waals surface area (Å²) in [5, 5.41) is 5.71. The first-order valence-corrected chi connectivity index (χ1v) is 6.03. The Morgan fingerprint density at radius 1 is 1.12 bits per heavy atom. The zero-order chi connectivity index (χ0) is 12.7. The van der Waals surface area contributed by atoms with Crippen molar-refractivity contribution in [1.82, 2.24) is 10.6 Å². The number of hydrogen-bond acceptors (Lipinski definition) is 1. The van der Waals surface area contributed by atoms with Crippen LogP contribution >= 0.6 is 0 Å². The second-order valence-electron chi connectivity index (χ2n) is 5.41. The quantitative estimate of drug-likeness (QED) is 0.826. The van der Waals surface area contributed by atoms with Crippen molar-refractivity contribution in [2.75, 3.05) is 13.1 Å². The number of hydrogen-bond donors (Lipinski definition) is 2. The molecular formula is C14H22N2O. The van der Waals surface area contributed by atoms with Crippen molar-refractivity contribution in [2.45, 2.75) is 27.2 Å². The molecule has 2 N–H and O–H groups in total. The fourth-order valence-corrected chi connectivity index (χ4v) is 1.37. The van der Waals surface area contributed by atoms with Gasteiger partial charge in [-0.15, -0.1) is 0 Å². The van der Waals surface area contributed by atoms with Gasteiger partial charge in [0.05, 0.1) is 0 Å². The number of amides is 2. The largest absolute Gasteiger partial charge is 0.338 e. The first kappa shape index (κ1) is 13.6. The van der Waals surface area contributed by atoms with Crippen LogP contribution in [0.1, 0.15) is 26.3 Å². The standard InChI is InChI=1S/C14H22N2O/c1-14(2,3)11-16-13(17)15-10-9-12-7-5-4-6-8-12/h4-8H,9-11H2,1-3H3,(H2,15,16,17). The summed E-state index contributed by atoms with van der Waals surface area (Å²) >= 11 is 0. The van der Waals surface area contributed by atoms with Gasteiger partial charge in [0.15, 0.2) is 0 Å². The molecule has 0 unspecified atom stereocenters.